The molecule has 2 aromatic rings. The summed E-state index contributed by atoms with van der Waals surface area (Å²) in [6.07, 6.45) is 4.46. The molecule has 0 saturated carbocycles. The van der Waals surface area contributed by atoms with Crippen molar-refractivity contribution >= 4 is 17.5 Å². The third kappa shape index (κ3) is 2.61. The van der Waals surface area contributed by atoms with Crippen LogP contribution in [0.15, 0.2) is 35.4 Å². The van der Waals surface area contributed by atoms with E-state index in [1.807, 2.05) is 37.4 Å². The first-order chi connectivity index (χ1) is 8.76. The summed E-state index contributed by atoms with van der Waals surface area (Å²) < 4.78 is 1.66. The number of benzene rings is 1. The normalized spacial score (nSPS) is 10.6. The van der Waals surface area contributed by atoms with E-state index in [9.17, 15) is 4.79 Å². The number of carbonyl (C=O) groups is 1. The molecular weight excluding hydrogens is 246 g/mol. The van der Waals surface area contributed by atoms with E-state index >= 15 is 0 Å². The van der Waals surface area contributed by atoms with Gasteiger partial charge in [0.1, 0.15) is 5.69 Å². The van der Waals surface area contributed by atoms with Gasteiger partial charge in [-0.05, 0) is 36.9 Å². The molecule has 4 nitrogen and oxygen atoms in total. The monoisotopic (exact) mass is 261 g/mol. The molecule has 0 amide bonds. The molecule has 94 valence electrons. The van der Waals surface area contributed by atoms with Crippen molar-refractivity contribution in [1.82, 2.24) is 15.0 Å². The van der Waals surface area contributed by atoms with Crippen molar-refractivity contribution < 1.29 is 4.79 Å². The minimum Gasteiger partial charge on any atom is -0.287 e. The molecule has 18 heavy (non-hydrogen) atoms. The molecule has 1 aromatic carbocycles. The standard InChI is InChI=1S/C13H15N3OS/c1-3-8-16-12(9-14-15-16)13(17)10-4-6-11(18-2)7-5-10/h4-7,9H,3,8H2,1-2H3. The van der Waals surface area contributed by atoms with Crippen LogP contribution in [0.4, 0.5) is 0 Å². The zero-order valence-electron chi connectivity index (χ0n) is 10.5. The van der Waals surface area contributed by atoms with Gasteiger partial charge >= 0.3 is 0 Å². The Kier molecular flexibility index (Phi) is 4.15. The molecule has 0 aliphatic heterocycles. The van der Waals surface area contributed by atoms with Crippen LogP contribution in [0.2, 0.25) is 0 Å². The molecule has 0 fully saturated rings. The van der Waals surface area contributed by atoms with Crippen LogP contribution >= 0.6 is 11.8 Å². The first-order valence-corrected chi connectivity index (χ1v) is 7.06. The van der Waals surface area contributed by atoms with Gasteiger partial charge in [-0.2, -0.15) is 0 Å². The van der Waals surface area contributed by atoms with E-state index in [1.54, 1.807) is 16.4 Å². The van der Waals surface area contributed by atoms with Crippen molar-refractivity contribution in [3.63, 3.8) is 0 Å². The maximum Gasteiger partial charge on any atom is 0.212 e. The Labute approximate surface area is 110 Å². The lowest BCUT2D eigenvalue weighted by Gasteiger charge is -2.04. The number of ketones is 1. The van der Waals surface area contributed by atoms with E-state index in [-0.39, 0.29) is 5.78 Å². The van der Waals surface area contributed by atoms with Gasteiger partial charge in [0.2, 0.25) is 5.78 Å². The fraction of sp³-hybridized carbons (Fsp3) is 0.308. The van der Waals surface area contributed by atoms with Crippen molar-refractivity contribution in [3.8, 4) is 0 Å². The molecule has 1 aromatic heterocycles. The van der Waals surface area contributed by atoms with Gasteiger partial charge in [-0.1, -0.05) is 12.1 Å². The number of nitrogens with zero attached hydrogens (tertiary/aromatic N) is 3. The highest BCUT2D eigenvalue weighted by Gasteiger charge is 2.14. The van der Waals surface area contributed by atoms with Crippen LogP contribution in [-0.4, -0.2) is 27.0 Å². The van der Waals surface area contributed by atoms with Crippen LogP contribution in [0.25, 0.3) is 0 Å². The Morgan fingerprint density at radius 1 is 1.33 bits per heavy atom. The minimum absolute atomic E-state index is 0.0268. The van der Waals surface area contributed by atoms with Crippen LogP contribution in [0.5, 0.6) is 0 Å². The first kappa shape index (κ1) is 12.8. The third-order valence-corrected chi connectivity index (χ3v) is 3.38. The van der Waals surface area contributed by atoms with Gasteiger partial charge < -0.3 is 0 Å². The molecular formula is C13H15N3OS. The van der Waals surface area contributed by atoms with Crippen molar-refractivity contribution in [2.45, 2.75) is 24.8 Å². The molecule has 0 saturated heterocycles. The Hall–Kier alpha value is -1.62. The zero-order valence-corrected chi connectivity index (χ0v) is 11.3. The zero-order chi connectivity index (χ0) is 13.0. The van der Waals surface area contributed by atoms with Crippen molar-refractivity contribution in [2.24, 2.45) is 0 Å². The largest absolute Gasteiger partial charge is 0.287 e. The average molecular weight is 261 g/mol. The fourth-order valence-corrected chi connectivity index (χ4v) is 2.11. The molecule has 0 radical (unpaired) electrons. The number of aromatic nitrogens is 3. The van der Waals surface area contributed by atoms with Crippen LogP contribution in [0.1, 0.15) is 29.4 Å². The van der Waals surface area contributed by atoms with Gasteiger partial charge in [0, 0.05) is 17.0 Å². The maximum absolute atomic E-state index is 12.3. The molecule has 0 aliphatic carbocycles. The number of carbonyl (C=O) groups excluding carboxylic acids is 1. The van der Waals surface area contributed by atoms with E-state index in [0.29, 0.717) is 17.8 Å². The van der Waals surface area contributed by atoms with Gasteiger partial charge in [-0.3, -0.25) is 4.79 Å². The van der Waals surface area contributed by atoms with Crippen LogP contribution in [0, 0.1) is 0 Å². The molecule has 0 spiro atoms. The Balaban J connectivity index is 2.26. The summed E-state index contributed by atoms with van der Waals surface area (Å²) in [6, 6.07) is 7.59. The summed E-state index contributed by atoms with van der Waals surface area (Å²) in [5.41, 5.74) is 1.22. The molecule has 0 aliphatic rings. The van der Waals surface area contributed by atoms with Crippen LogP contribution in [-0.2, 0) is 6.54 Å². The van der Waals surface area contributed by atoms with Crippen molar-refractivity contribution in [1.29, 1.82) is 0 Å². The second kappa shape index (κ2) is 5.82. The van der Waals surface area contributed by atoms with Gasteiger partial charge in [-0.15, -0.1) is 16.9 Å². The molecule has 0 bridgehead atoms. The summed E-state index contributed by atoms with van der Waals surface area (Å²) in [4.78, 5) is 13.4. The van der Waals surface area contributed by atoms with Crippen molar-refractivity contribution in [3.05, 3.63) is 41.7 Å². The highest BCUT2D eigenvalue weighted by Crippen LogP contribution is 2.16. The molecule has 0 atom stereocenters. The molecule has 1 heterocycles. The number of rotatable bonds is 5. The summed E-state index contributed by atoms with van der Waals surface area (Å²) in [5.74, 6) is -0.0268. The van der Waals surface area contributed by atoms with Crippen LogP contribution in [0.3, 0.4) is 0 Å². The first-order valence-electron chi connectivity index (χ1n) is 5.83. The number of hydrogen-bond donors (Lipinski definition) is 0. The van der Waals surface area contributed by atoms with Gasteiger partial charge in [0.25, 0.3) is 0 Å². The minimum atomic E-state index is -0.0268. The van der Waals surface area contributed by atoms with Gasteiger partial charge in [-0.25, -0.2) is 4.68 Å². The molecule has 5 heteroatoms. The molecule has 0 N–H and O–H groups in total. The average Bonchev–Trinajstić information content (AvgIpc) is 2.87. The summed E-state index contributed by atoms with van der Waals surface area (Å²) >= 11 is 1.66. The highest BCUT2D eigenvalue weighted by atomic mass is 32.2. The summed E-state index contributed by atoms with van der Waals surface area (Å²) in [6.45, 7) is 2.76. The van der Waals surface area contributed by atoms with E-state index in [0.717, 1.165) is 11.3 Å². The molecule has 0 unspecified atom stereocenters. The SMILES string of the molecule is CCCn1nncc1C(=O)c1ccc(SC)cc1. The smallest absolute Gasteiger partial charge is 0.212 e. The Bertz CT molecular complexity index is 533. The number of hydrogen-bond acceptors (Lipinski definition) is 4. The van der Waals surface area contributed by atoms with E-state index in [4.69, 9.17) is 0 Å². The lowest BCUT2D eigenvalue weighted by molar-refractivity contribution is 0.102. The van der Waals surface area contributed by atoms with E-state index in [2.05, 4.69) is 10.3 Å². The quantitative estimate of drug-likeness (QED) is 0.613. The second-order valence-corrected chi connectivity index (χ2v) is 4.78. The highest BCUT2D eigenvalue weighted by molar-refractivity contribution is 7.98. The van der Waals surface area contributed by atoms with Gasteiger partial charge in [0.05, 0.1) is 6.20 Å². The van der Waals surface area contributed by atoms with Crippen molar-refractivity contribution in [2.75, 3.05) is 6.26 Å². The number of aryl methyl sites for hydroxylation is 1. The summed E-state index contributed by atoms with van der Waals surface area (Å²) in [5, 5.41) is 7.74. The lowest BCUT2D eigenvalue weighted by atomic mass is 10.1. The lowest BCUT2D eigenvalue weighted by Crippen LogP contribution is -2.11. The summed E-state index contributed by atoms with van der Waals surface area (Å²) in [7, 11) is 0. The Morgan fingerprint density at radius 3 is 2.67 bits per heavy atom. The maximum atomic E-state index is 12.3. The van der Waals surface area contributed by atoms with E-state index in [1.165, 1.54) is 6.20 Å². The third-order valence-electron chi connectivity index (χ3n) is 2.64. The predicted molar refractivity (Wildman–Crippen MR) is 72.0 cm³/mol. The van der Waals surface area contributed by atoms with Crippen LogP contribution < -0.4 is 0 Å². The fourth-order valence-electron chi connectivity index (χ4n) is 1.70. The topological polar surface area (TPSA) is 47.8 Å². The van der Waals surface area contributed by atoms with Gasteiger partial charge in [0.15, 0.2) is 0 Å². The van der Waals surface area contributed by atoms with E-state index < -0.39 is 0 Å². The second-order valence-electron chi connectivity index (χ2n) is 3.90. The predicted octanol–water partition coefficient (Wildman–Crippen LogP) is 2.64. The number of thioether (sulfide) groups is 1. The molecule has 2 rings (SSSR count). The Morgan fingerprint density at radius 2 is 2.06 bits per heavy atom.